The molecule has 1 heterocycles. The minimum atomic E-state index is -0.380. The molecule has 4 aromatic rings. The zero-order valence-corrected chi connectivity index (χ0v) is 17.1. The Kier molecular flexibility index (Phi) is 5.68. The Labute approximate surface area is 179 Å². The molecule has 4 rings (SSSR count). The third-order valence-corrected chi connectivity index (χ3v) is 5.25. The van der Waals surface area contributed by atoms with Crippen LogP contribution in [0.5, 0.6) is 5.75 Å². The number of carbonyl (C=O) groups excluding carboxylic acids is 1. The summed E-state index contributed by atoms with van der Waals surface area (Å²) in [6, 6.07) is 23.5. The average molecular weight is 420 g/mol. The highest BCUT2D eigenvalue weighted by molar-refractivity contribution is 6.31. The molecular weight excluding hydrogens is 401 g/mol. The van der Waals surface area contributed by atoms with Gasteiger partial charge in [-0.1, -0.05) is 41.9 Å². The van der Waals surface area contributed by atoms with Crippen molar-refractivity contribution < 1.29 is 13.9 Å². The first kappa shape index (κ1) is 19.9. The SMILES string of the molecule is Cc1ccc(-c2ccccc2OCc2ccc(F)cc2Cl)n1-c1cccc(C=O)c1. The number of aryl methyl sites for hydroxylation is 1. The second kappa shape index (κ2) is 8.56. The average Bonchev–Trinajstić information content (AvgIpc) is 3.14. The highest BCUT2D eigenvalue weighted by atomic mass is 35.5. The second-order valence-electron chi connectivity index (χ2n) is 6.93. The first-order valence-corrected chi connectivity index (χ1v) is 9.84. The number of carbonyl (C=O) groups is 1. The zero-order valence-electron chi connectivity index (χ0n) is 16.3. The molecule has 3 aromatic carbocycles. The number of nitrogens with zero attached hydrogens (tertiary/aromatic N) is 1. The zero-order chi connectivity index (χ0) is 21.1. The van der Waals surface area contributed by atoms with E-state index in [0.29, 0.717) is 21.9 Å². The normalized spacial score (nSPS) is 10.8. The molecule has 0 radical (unpaired) electrons. The highest BCUT2D eigenvalue weighted by Gasteiger charge is 2.14. The maximum atomic E-state index is 13.3. The van der Waals surface area contributed by atoms with E-state index in [1.807, 2.05) is 61.5 Å². The van der Waals surface area contributed by atoms with Gasteiger partial charge in [-0.15, -0.1) is 0 Å². The van der Waals surface area contributed by atoms with E-state index in [2.05, 4.69) is 4.57 Å². The van der Waals surface area contributed by atoms with Crippen LogP contribution < -0.4 is 4.74 Å². The van der Waals surface area contributed by atoms with E-state index in [-0.39, 0.29) is 12.4 Å². The van der Waals surface area contributed by atoms with Crippen LogP contribution in [0.2, 0.25) is 5.02 Å². The van der Waals surface area contributed by atoms with Gasteiger partial charge in [-0.3, -0.25) is 4.79 Å². The van der Waals surface area contributed by atoms with Crippen molar-refractivity contribution in [3.05, 3.63) is 107 Å². The number of aromatic nitrogens is 1. The maximum absolute atomic E-state index is 13.3. The molecule has 0 saturated carbocycles. The summed E-state index contributed by atoms with van der Waals surface area (Å²) >= 11 is 6.14. The fourth-order valence-corrected chi connectivity index (χ4v) is 3.65. The molecule has 3 nitrogen and oxygen atoms in total. The van der Waals surface area contributed by atoms with Gasteiger partial charge in [-0.25, -0.2) is 4.39 Å². The molecule has 0 spiro atoms. The van der Waals surface area contributed by atoms with Gasteiger partial charge in [0.1, 0.15) is 24.5 Å². The van der Waals surface area contributed by atoms with Gasteiger partial charge >= 0.3 is 0 Å². The number of aldehydes is 1. The Morgan fingerprint density at radius 3 is 2.63 bits per heavy atom. The molecule has 0 aliphatic rings. The Bertz CT molecular complexity index is 1220. The summed E-state index contributed by atoms with van der Waals surface area (Å²) in [6.45, 7) is 2.23. The predicted octanol–water partition coefficient (Wildman–Crippen LogP) is 6.64. The molecule has 5 heteroatoms. The van der Waals surface area contributed by atoms with Crippen LogP contribution in [0.3, 0.4) is 0 Å². The van der Waals surface area contributed by atoms with Crippen LogP contribution in [0.15, 0.2) is 78.9 Å². The molecule has 0 saturated heterocycles. The first-order valence-electron chi connectivity index (χ1n) is 9.47. The van der Waals surface area contributed by atoms with Crippen LogP contribution in [0, 0.1) is 12.7 Å². The van der Waals surface area contributed by atoms with Crippen molar-refractivity contribution in [1.29, 1.82) is 0 Å². The first-order chi connectivity index (χ1) is 14.6. The maximum Gasteiger partial charge on any atom is 0.150 e. The number of para-hydroxylation sites is 1. The third kappa shape index (κ3) is 4.00. The van der Waals surface area contributed by atoms with Crippen molar-refractivity contribution in [1.82, 2.24) is 4.57 Å². The van der Waals surface area contributed by atoms with E-state index >= 15 is 0 Å². The number of hydrogen-bond donors (Lipinski definition) is 0. The van der Waals surface area contributed by atoms with Crippen LogP contribution in [0.4, 0.5) is 4.39 Å². The van der Waals surface area contributed by atoms with E-state index in [1.54, 1.807) is 12.1 Å². The summed E-state index contributed by atoms with van der Waals surface area (Å²) in [4.78, 5) is 11.2. The van der Waals surface area contributed by atoms with E-state index in [9.17, 15) is 9.18 Å². The molecule has 0 bridgehead atoms. The standard InChI is InChI=1S/C25H19ClFNO2/c1-17-9-12-24(28(17)21-6-4-5-18(13-21)15-29)22-7-2-3-8-25(22)30-16-19-10-11-20(27)14-23(19)26/h2-15H,16H2,1H3. The minimum Gasteiger partial charge on any atom is -0.488 e. The van der Waals surface area contributed by atoms with Gasteiger partial charge in [-0.2, -0.15) is 0 Å². The summed E-state index contributed by atoms with van der Waals surface area (Å²) in [5.41, 5.74) is 5.09. The van der Waals surface area contributed by atoms with E-state index in [0.717, 1.165) is 28.9 Å². The lowest BCUT2D eigenvalue weighted by Gasteiger charge is -2.16. The molecule has 0 N–H and O–H groups in total. The third-order valence-electron chi connectivity index (χ3n) is 4.90. The van der Waals surface area contributed by atoms with E-state index < -0.39 is 0 Å². The van der Waals surface area contributed by atoms with Crippen molar-refractivity contribution in [3.8, 4) is 22.7 Å². The summed E-state index contributed by atoms with van der Waals surface area (Å²) < 4.78 is 21.5. The van der Waals surface area contributed by atoms with Crippen LogP contribution in [-0.2, 0) is 6.61 Å². The molecule has 0 aliphatic carbocycles. The van der Waals surface area contributed by atoms with Crippen molar-refractivity contribution in [2.24, 2.45) is 0 Å². The molecule has 0 atom stereocenters. The summed E-state index contributed by atoms with van der Waals surface area (Å²) in [6.07, 6.45) is 0.839. The monoisotopic (exact) mass is 419 g/mol. The summed E-state index contributed by atoms with van der Waals surface area (Å²) in [5.74, 6) is 0.304. The lowest BCUT2D eigenvalue weighted by molar-refractivity contribution is 0.112. The van der Waals surface area contributed by atoms with Gasteiger partial charge in [0.2, 0.25) is 0 Å². The second-order valence-corrected chi connectivity index (χ2v) is 7.34. The van der Waals surface area contributed by atoms with Gasteiger partial charge in [0.05, 0.1) is 10.7 Å². The fraction of sp³-hybridized carbons (Fsp3) is 0.0800. The molecule has 1 aromatic heterocycles. The van der Waals surface area contributed by atoms with Crippen molar-refractivity contribution in [3.63, 3.8) is 0 Å². The molecule has 0 aliphatic heterocycles. The van der Waals surface area contributed by atoms with Gasteiger partial charge in [0.25, 0.3) is 0 Å². The summed E-state index contributed by atoms with van der Waals surface area (Å²) in [5, 5.41) is 0.331. The number of rotatable bonds is 6. The van der Waals surface area contributed by atoms with E-state index in [4.69, 9.17) is 16.3 Å². The smallest absolute Gasteiger partial charge is 0.150 e. The molecule has 0 fully saturated rings. The molecule has 150 valence electrons. The van der Waals surface area contributed by atoms with Gasteiger partial charge < -0.3 is 9.30 Å². The van der Waals surface area contributed by atoms with Gasteiger partial charge in [0.15, 0.2) is 0 Å². The molecular formula is C25H19ClFNO2. The molecule has 0 unspecified atom stereocenters. The molecule has 0 amide bonds. The Morgan fingerprint density at radius 2 is 1.83 bits per heavy atom. The van der Waals surface area contributed by atoms with Crippen LogP contribution in [0.1, 0.15) is 21.6 Å². The van der Waals surface area contributed by atoms with Crippen LogP contribution in [-0.4, -0.2) is 10.9 Å². The largest absolute Gasteiger partial charge is 0.488 e. The number of hydrogen-bond acceptors (Lipinski definition) is 2. The fourth-order valence-electron chi connectivity index (χ4n) is 3.43. The number of halogens is 2. The number of benzene rings is 3. The predicted molar refractivity (Wildman–Crippen MR) is 117 cm³/mol. The van der Waals surface area contributed by atoms with Crippen molar-refractivity contribution >= 4 is 17.9 Å². The van der Waals surface area contributed by atoms with Crippen LogP contribution in [0.25, 0.3) is 16.9 Å². The van der Waals surface area contributed by atoms with Crippen LogP contribution >= 0.6 is 11.6 Å². The van der Waals surface area contributed by atoms with Gasteiger partial charge in [-0.05, 0) is 55.5 Å². The van der Waals surface area contributed by atoms with E-state index in [1.165, 1.54) is 12.1 Å². The highest BCUT2D eigenvalue weighted by Crippen LogP contribution is 2.34. The number of ether oxygens (including phenoxy) is 1. The minimum absolute atomic E-state index is 0.219. The van der Waals surface area contributed by atoms with Crippen molar-refractivity contribution in [2.75, 3.05) is 0 Å². The topological polar surface area (TPSA) is 31.2 Å². The Hall–Kier alpha value is -3.37. The lowest BCUT2D eigenvalue weighted by Crippen LogP contribution is -2.02. The Morgan fingerprint density at radius 1 is 1.00 bits per heavy atom. The van der Waals surface area contributed by atoms with Gasteiger partial charge in [0, 0.05) is 28.1 Å². The van der Waals surface area contributed by atoms with Crippen molar-refractivity contribution in [2.45, 2.75) is 13.5 Å². The summed E-state index contributed by atoms with van der Waals surface area (Å²) in [7, 11) is 0. The molecule has 30 heavy (non-hydrogen) atoms. The lowest BCUT2D eigenvalue weighted by atomic mass is 10.1. The quantitative estimate of drug-likeness (QED) is 0.328. The Balaban J connectivity index is 1.72.